The molecular weight excluding hydrogens is 460 g/mol. The van der Waals surface area contributed by atoms with Gasteiger partial charge in [-0.1, -0.05) is 86.8 Å². The highest BCUT2D eigenvalue weighted by atomic mass is 16.6. The van der Waals surface area contributed by atoms with Crippen molar-refractivity contribution in [2.75, 3.05) is 19.8 Å². The van der Waals surface area contributed by atoms with Crippen molar-refractivity contribution in [1.82, 2.24) is 0 Å². The number of ether oxygens (including phenoxy) is 3. The molecule has 4 nitrogen and oxygen atoms in total. The molecule has 0 N–H and O–H groups in total. The Labute approximate surface area is 222 Å². The number of hydrogen-bond donors (Lipinski definition) is 0. The standard InChI is InChI=1S/C33H40O4/c1-3-5-6-11-22-37-32(33(34)35-4-2)24-25-18-20-26(21-19-25)36-23-12-17-31-29-15-9-7-13-27(29)28-14-8-10-16-30(28)31/h7-10,13-16,18-21,31-32H,3-6,11-12,17,22-24H2,1-2H3. The van der Waals surface area contributed by atoms with E-state index in [0.717, 1.165) is 37.0 Å². The number of esters is 1. The van der Waals surface area contributed by atoms with Crippen molar-refractivity contribution in [3.05, 3.63) is 89.5 Å². The quantitative estimate of drug-likeness (QED) is 0.158. The van der Waals surface area contributed by atoms with E-state index in [2.05, 4.69) is 55.5 Å². The Morgan fingerprint density at radius 2 is 1.46 bits per heavy atom. The van der Waals surface area contributed by atoms with Gasteiger partial charge in [0.1, 0.15) is 5.75 Å². The van der Waals surface area contributed by atoms with Gasteiger partial charge in [0.05, 0.1) is 13.2 Å². The first-order chi connectivity index (χ1) is 18.2. The molecule has 3 aromatic carbocycles. The number of carbonyl (C=O) groups is 1. The molecule has 0 heterocycles. The molecule has 4 heteroatoms. The first kappa shape index (κ1) is 26.9. The van der Waals surface area contributed by atoms with E-state index in [1.165, 1.54) is 35.1 Å². The lowest BCUT2D eigenvalue weighted by atomic mass is 9.92. The topological polar surface area (TPSA) is 44.8 Å². The SMILES string of the molecule is CCCCCCOC(Cc1ccc(OCCCC2c3ccccc3-c3ccccc32)cc1)C(=O)OCC. The monoisotopic (exact) mass is 500 g/mol. The fourth-order valence-corrected chi connectivity index (χ4v) is 5.18. The van der Waals surface area contributed by atoms with E-state index in [4.69, 9.17) is 14.2 Å². The van der Waals surface area contributed by atoms with Gasteiger partial charge in [-0.15, -0.1) is 0 Å². The van der Waals surface area contributed by atoms with Gasteiger partial charge >= 0.3 is 5.97 Å². The minimum atomic E-state index is -0.564. The smallest absolute Gasteiger partial charge is 0.335 e. The van der Waals surface area contributed by atoms with E-state index >= 15 is 0 Å². The molecule has 0 aliphatic heterocycles. The van der Waals surface area contributed by atoms with Crippen LogP contribution in [0.1, 0.15) is 75.0 Å². The molecule has 0 saturated carbocycles. The molecule has 37 heavy (non-hydrogen) atoms. The Morgan fingerprint density at radius 1 is 0.784 bits per heavy atom. The summed E-state index contributed by atoms with van der Waals surface area (Å²) in [7, 11) is 0. The summed E-state index contributed by atoms with van der Waals surface area (Å²) in [6.45, 7) is 5.63. The molecule has 1 aliphatic rings. The number of fused-ring (bicyclic) bond motifs is 3. The van der Waals surface area contributed by atoms with Crippen molar-refractivity contribution >= 4 is 5.97 Å². The van der Waals surface area contributed by atoms with Crippen LogP contribution in [0.4, 0.5) is 0 Å². The average molecular weight is 501 g/mol. The molecule has 0 radical (unpaired) electrons. The molecule has 3 aromatic rings. The molecular formula is C33H40O4. The molecule has 0 amide bonds. The maximum atomic E-state index is 12.4. The van der Waals surface area contributed by atoms with Crippen molar-refractivity contribution < 1.29 is 19.0 Å². The molecule has 0 saturated heterocycles. The van der Waals surface area contributed by atoms with Gasteiger partial charge in [-0.25, -0.2) is 4.79 Å². The second kappa shape index (κ2) is 14.0. The number of rotatable bonds is 15. The minimum absolute atomic E-state index is 0.284. The molecule has 1 atom stereocenters. The van der Waals surface area contributed by atoms with Gasteiger partial charge in [-0.3, -0.25) is 0 Å². The molecule has 0 fully saturated rings. The maximum Gasteiger partial charge on any atom is 0.335 e. The van der Waals surface area contributed by atoms with E-state index < -0.39 is 6.10 Å². The fourth-order valence-electron chi connectivity index (χ4n) is 5.18. The summed E-state index contributed by atoms with van der Waals surface area (Å²) in [5.41, 5.74) is 6.63. The lowest BCUT2D eigenvalue weighted by molar-refractivity contribution is -0.156. The predicted molar refractivity (Wildman–Crippen MR) is 149 cm³/mol. The van der Waals surface area contributed by atoms with E-state index in [0.29, 0.717) is 32.2 Å². The van der Waals surface area contributed by atoms with Crippen LogP contribution in [0.5, 0.6) is 5.75 Å². The highest BCUT2D eigenvalue weighted by Gasteiger charge is 2.27. The minimum Gasteiger partial charge on any atom is -0.494 e. The summed E-state index contributed by atoms with van der Waals surface area (Å²) in [6.07, 6.45) is 6.44. The predicted octanol–water partition coefficient (Wildman–Crippen LogP) is 7.73. The van der Waals surface area contributed by atoms with Gasteiger partial charge in [0.25, 0.3) is 0 Å². The first-order valence-electron chi connectivity index (χ1n) is 13.9. The van der Waals surface area contributed by atoms with E-state index in [1.807, 2.05) is 31.2 Å². The summed E-state index contributed by atoms with van der Waals surface area (Å²) in [4.78, 5) is 12.4. The lowest BCUT2D eigenvalue weighted by Gasteiger charge is -2.17. The Balaban J connectivity index is 1.26. The largest absolute Gasteiger partial charge is 0.494 e. The zero-order chi connectivity index (χ0) is 25.9. The summed E-state index contributed by atoms with van der Waals surface area (Å²) >= 11 is 0. The van der Waals surface area contributed by atoms with Gasteiger partial charge < -0.3 is 14.2 Å². The van der Waals surface area contributed by atoms with Gasteiger partial charge in [-0.05, 0) is 66.1 Å². The molecule has 196 valence electrons. The Morgan fingerprint density at radius 3 is 2.11 bits per heavy atom. The second-order valence-electron chi connectivity index (χ2n) is 9.74. The van der Waals surface area contributed by atoms with E-state index in [-0.39, 0.29) is 5.97 Å². The molecule has 1 unspecified atom stereocenters. The van der Waals surface area contributed by atoms with Crippen LogP contribution < -0.4 is 4.74 Å². The number of benzene rings is 3. The number of unbranched alkanes of at least 4 members (excludes halogenated alkanes) is 3. The third kappa shape index (κ3) is 7.23. The van der Waals surface area contributed by atoms with Crippen LogP contribution in [0, 0.1) is 0 Å². The molecule has 4 rings (SSSR count). The van der Waals surface area contributed by atoms with Crippen LogP contribution in [0.15, 0.2) is 72.8 Å². The zero-order valence-electron chi connectivity index (χ0n) is 22.3. The summed E-state index contributed by atoms with van der Waals surface area (Å²) < 4.78 is 17.2. The Kier molecular flexibility index (Phi) is 10.2. The highest BCUT2D eigenvalue weighted by Crippen LogP contribution is 2.46. The molecule has 0 aromatic heterocycles. The summed E-state index contributed by atoms with van der Waals surface area (Å²) in [5.74, 6) is 0.998. The Hall–Kier alpha value is -3.11. The normalized spacial score (nSPS) is 13.1. The van der Waals surface area contributed by atoms with Crippen LogP contribution in [0.25, 0.3) is 11.1 Å². The molecule has 1 aliphatic carbocycles. The third-order valence-electron chi connectivity index (χ3n) is 7.08. The average Bonchev–Trinajstić information content (AvgIpc) is 3.25. The number of hydrogen-bond acceptors (Lipinski definition) is 4. The van der Waals surface area contributed by atoms with Gasteiger partial charge in [0.15, 0.2) is 6.10 Å². The first-order valence-corrected chi connectivity index (χ1v) is 13.9. The summed E-state index contributed by atoms with van der Waals surface area (Å²) in [5, 5.41) is 0. The lowest BCUT2D eigenvalue weighted by Crippen LogP contribution is -2.29. The van der Waals surface area contributed by atoms with Crippen LogP contribution in [0.3, 0.4) is 0 Å². The van der Waals surface area contributed by atoms with Crippen molar-refractivity contribution in [1.29, 1.82) is 0 Å². The second-order valence-corrected chi connectivity index (χ2v) is 9.74. The van der Waals surface area contributed by atoms with Crippen LogP contribution in [-0.2, 0) is 20.7 Å². The van der Waals surface area contributed by atoms with E-state index in [9.17, 15) is 4.79 Å². The van der Waals surface area contributed by atoms with Gasteiger partial charge in [0.2, 0.25) is 0 Å². The van der Waals surface area contributed by atoms with Gasteiger partial charge in [-0.2, -0.15) is 0 Å². The van der Waals surface area contributed by atoms with Crippen molar-refractivity contribution in [2.45, 2.75) is 70.8 Å². The maximum absolute atomic E-state index is 12.4. The number of carbonyl (C=O) groups excluding carboxylic acids is 1. The van der Waals surface area contributed by atoms with E-state index in [1.54, 1.807) is 0 Å². The van der Waals surface area contributed by atoms with Crippen LogP contribution in [0.2, 0.25) is 0 Å². The highest BCUT2D eigenvalue weighted by molar-refractivity contribution is 5.78. The molecule has 0 bridgehead atoms. The Bertz CT molecular complexity index is 1080. The van der Waals surface area contributed by atoms with Crippen molar-refractivity contribution in [2.24, 2.45) is 0 Å². The van der Waals surface area contributed by atoms with Crippen molar-refractivity contribution in [3.8, 4) is 16.9 Å². The molecule has 0 spiro atoms. The van der Waals surface area contributed by atoms with Crippen LogP contribution in [-0.4, -0.2) is 31.9 Å². The van der Waals surface area contributed by atoms with Crippen molar-refractivity contribution in [3.63, 3.8) is 0 Å². The fraction of sp³-hybridized carbons (Fsp3) is 0.424. The summed E-state index contributed by atoms with van der Waals surface area (Å²) in [6, 6.07) is 25.5. The van der Waals surface area contributed by atoms with Gasteiger partial charge in [0, 0.05) is 18.9 Å². The van der Waals surface area contributed by atoms with Crippen LogP contribution >= 0.6 is 0 Å². The third-order valence-corrected chi connectivity index (χ3v) is 7.08. The zero-order valence-corrected chi connectivity index (χ0v) is 22.3.